The van der Waals surface area contributed by atoms with Gasteiger partial charge in [-0.2, -0.15) is 0 Å². The highest BCUT2D eigenvalue weighted by molar-refractivity contribution is 7.18. The van der Waals surface area contributed by atoms with E-state index in [9.17, 15) is 9.59 Å². The summed E-state index contributed by atoms with van der Waals surface area (Å²) < 4.78 is 1.51. The number of nitrogens with zero attached hydrogens (tertiary/aromatic N) is 3. The van der Waals surface area contributed by atoms with Crippen molar-refractivity contribution in [2.24, 2.45) is 5.92 Å². The lowest BCUT2D eigenvalue weighted by atomic mass is 9.89. The Morgan fingerprint density at radius 1 is 1.36 bits per heavy atom. The first-order chi connectivity index (χ1) is 13.6. The summed E-state index contributed by atoms with van der Waals surface area (Å²) in [5.41, 5.74) is 1.12. The van der Waals surface area contributed by atoms with Crippen LogP contribution in [0.5, 0.6) is 0 Å². The smallest absolute Gasteiger partial charge is 0.262 e. The average Bonchev–Trinajstić information content (AvgIpc) is 3.42. The van der Waals surface area contributed by atoms with Crippen molar-refractivity contribution in [3.63, 3.8) is 0 Å². The van der Waals surface area contributed by atoms with Crippen LogP contribution in [0.25, 0.3) is 10.2 Å². The van der Waals surface area contributed by atoms with Gasteiger partial charge in [0.05, 0.1) is 17.8 Å². The SMILES string of the molecule is CC1CCc2c(sc3ncn(CC(=O)N4CCCC4c4cccs4)c(=O)c23)C1. The zero-order valence-corrected chi connectivity index (χ0v) is 17.5. The fourth-order valence-corrected chi connectivity index (χ4v) is 6.77. The van der Waals surface area contributed by atoms with Gasteiger partial charge < -0.3 is 4.90 Å². The summed E-state index contributed by atoms with van der Waals surface area (Å²) in [5, 5.41) is 2.80. The molecule has 7 heteroatoms. The lowest BCUT2D eigenvalue weighted by Crippen LogP contribution is -2.36. The molecular formula is C21H23N3O2S2. The maximum absolute atomic E-state index is 13.2. The zero-order valence-electron chi connectivity index (χ0n) is 15.9. The van der Waals surface area contributed by atoms with Gasteiger partial charge in [-0.3, -0.25) is 14.2 Å². The standard InChI is InChI=1S/C21H23N3O2S2/c1-13-6-7-14-17(10-13)28-20-19(14)21(26)23(12-22-20)11-18(25)24-8-2-4-15(24)16-5-3-9-27-16/h3,5,9,12-13,15H,2,4,6-8,10-11H2,1H3. The number of likely N-dealkylation sites (tertiary alicyclic amines) is 1. The maximum Gasteiger partial charge on any atom is 0.262 e. The quantitative estimate of drug-likeness (QED) is 0.652. The minimum atomic E-state index is -0.0581. The summed E-state index contributed by atoms with van der Waals surface area (Å²) in [6, 6.07) is 4.28. The predicted molar refractivity (Wildman–Crippen MR) is 113 cm³/mol. The van der Waals surface area contributed by atoms with Crippen molar-refractivity contribution in [1.29, 1.82) is 0 Å². The van der Waals surface area contributed by atoms with Gasteiger partial charge in [-0.05, 0) is 55.0 Å². The Morgan fingerprint density at radius 2 is 2.25 bits per heavy atom. The number of carbonyl (C=O) groups is 1. The Balaban J connectivity index is 1.44. The van der Waals surface area contributed by atoms with Crippen LogP contribution in [0.2, 0.25) is 0 Å². The van der Waals surface area contributed by atoms with E-state index in [4.69, 9.17) is 0 Å². The van der Waals surface area contributed by atoms with Crippen molar-refractivity contribution in [2.75, 3.05) is 6.54 Å². The number of rotatable bonds is 3. The fourth-order valence-electron chi connectivity index (χ4n) is 4.56. The van der Waals surface area contributed by atoms with Crippen LogP contribution in [0.4, 0.5) is 0 Å². The van der Waals surface area contributed by atoms with Crippen molar-refractivity contribution in [1.82, 2.24) is 14.5 Å². The Morgan fingerprint density at radius 3 is 3.07 bits per heavy atom. The molecule has 1 aliphatic heterocycles. The number of aryl methyl sites for hydroxylation is 1. The monoisotopic (exact) mass is 413 g/mol. The molecule has 3 aromatic heterocycles. The van der Waals surface area contributed by atoms with Gasteiger partial charge in [0.15, 0.2) is 0 Å². The molecular weight excluding hydrogens is 390 g/mol. The van der Waals surface area contributed by atoms with Crippen LogP contribution >= 0.6 is 22.7 Å². The Labute approximate surface area is 171 Å². The Hall–Kier alpha value is -1.99. The van der Waals surface area contributed by atoms with Crippen molar-refractivity contribution in [3.8, 4) is 0 Å². The molecule has 0 bridgehead atoms. The number of fused-ring (bicyclic) bond motifs is 3. The molecule has 0 radical (unpaired) electrons. The van der Waals surface area contributed by atoms with Gasteiger partial charge in [-0.15, -0.1) is 22.7 Å². The molecule has 4 heterocycles. The normalized spacial score (nSPS) is 22.0. The number of carbonyl (C=O) groups excluding carboxylic acids is 1. The van der Waals surface area contributed by atoms with Gasteiger partial charge in [0.25, 0.3) is 5.56 Å². The van der Waals surface area contributed by atoms with E-state index in [2.05, 4.69) is 23.4 Å². The van der Waals surface area contributed by atoms with Crippen LogP contribution in [-0.2, 0) is 24.2 Å². The topological polar surface area (TPSA) is 55.2 Å². The zero-order chi connectivity index (χ0) is 19.3. The van der Waals surface area contributed by atoms with Crippen LogP contribution in [0, 0.1) is 5.92 Å². The van der Waals surface area contributed by atoms with Crippen molar-refractivity contribution in [3.05, 3.63) is 49.5 Å². The fraction of sp³-hybridized carbons (Fsp3) is 0.476. The first-order valence-electron chi connectivity index (χ1n) is 9.94. The molecule has 3 aromatic rings. The number of thiophene rings is 2. The van der Waals surface area contributed by atoms with E-state index in [1.165, 1.54) is 19.9 Å². The molecule has 0 saturated carbocycles. The van der Waals surface area contributed by atoms with Crippen LogP contribution in [-0.4, -0.2) is 26.9 Å². The van der Waals surface area contributed by atoms with E-state index in [0.717, 1.165) is 48.9 Å². The second-order valence-electron chi connectivity index (χ2n) is 7.97. The average molecular weight is 414 g/mol. The highest BCUT2D eigenvalue weighted by Crippen LogP contribution is 2.36. The minimum Gasteiger partial charge on any atom is -0.333 e. The first-order valence-corrected chi connectivity index (χ1v) is 11.6. The van der Waals surface area contributed by atoms with E-state index in [1.807, 2.05) is 11.0 Å². The van der Waals surface area contributed by atoms with E-state index >= 15 is 0 Å². The maximum atomic E-state index is 13.2. The molecule has 1 saturated heterocycles. The van der Waals surface area contributed by atoms with E-state index in [1.54, 1.807) is 29.0 Å². The molecule has 0 spiro atoms. The third kappa shape index (κ3) is 3.01. The molecule has 2 unspecified atom stereocenters. The van der Waals surface area contributed by atoms with Gasteiger partial charge in [0.1, 0.15) is 11.4 Å². The van der Waals surface area contributed by atoms with Crippen LogP contribution in [0.15, 0.2) is 28.6 Å². The predicted octanol–water partition coefficient (Wildman–Crippen LogP) is 4.01. The van der Waals surface area contributed by atoms with Crippen molar-refractivity contribution >= 4 is 38.8 Å². The summed E-state index contributed by atoms with van der Waals surface area (Å²) in [7, 11) is 0. The van der Waals surface area contributed by atoms with Gasteiger partial charge in [-0.1, -0.05) is 13.0 Å². The summed E-state index contributed by atoms with van der Waals surface area (Å²) >= 11 is 3.35. The third-order valence-corrected chi connectivity index (χ3v) is 8.17. The van der Waals surface area contributed by atoms with Crippen LogP contribution < -0.4 is 5.56 Å². The molecule has 0 N–H and O–H groups in total. The van der Waals surface area contributed by atoms with Gasteiger partial charge in [0.2, 0.25) is 5.91 Å². The Bertz CT molecular complexity index is 1080. The van der Waals surface area contributed by atoms with Crippen LogP contribution in [0.3, 0.4) is 0 Å². The molecule has 0 aromatic carbocycles. The molecule has 5 nitrogen and oxygen atoms in total. The van der Waals surface area contributed by atoms with Crippen molar-refractivity contribution in [2.45, 2.75) is 51.6 Å². The van der Waals surface area contributed by atoms with E-state index in [-0.39, 0.29) is 24.1 Å². The van der Waals surface area contributed by atoms with Gasteiger partial charge in [-0.25, -0.2) is 4.98 Å². The highest BCUT2D eigenvalue weighted by atomic mass is 32.1. The third-order valence-electron chi connectivity index (χ3n) is 6.03. The molecule has 1 amide bonds. The largest absolute Gasteiger partial charge is 0.333 e. The summed E-state index contributed by atoms with van der Waals surface area (Å²) in [6.07, 6.45) is 6.65. The lowest BCUT2D eigenvalue weighted by molar-refractivity contribution is -0.132. The number of hydrogen-bond donors (Lipinski definition) is 0. The van der Waals surface area contributed by atoms with Gasteiger partial charge >= 0.3 is 0 Å². The molecule has 146 valence electrons. The van der Waals surface area contributed by atoms with Crippen LogP contribution in [0.1, 0.15) is 47.5 Å². The number of amides is 1. The minimum absolute atomic E-state index is 0.0110. The number of aromatic nitrogens is 2. The highest BCUT2D eigenvalue weighted by Gasteiger charge is 2.31. The second-order valence-corrected chi connectivity index (χ2v) is 10.0. The summed E-state index contributed by atoms with van der Waals surface area (Å²) in [4.78, 5) is 36.0. The second kappa shape index (κ2) is 7.12. The summed E-state index contributed by atoms with van der Waals surface area (Å²) in [5.74, 6) is 0.672. The van der Waals surface area contributed by atoms with Gasteiger partial charge in [0, 0.05) is 16.3 Å². The molecule has 1 aliphatic carbocycles. The van der Waals surface area contributed by atoms with E-state index in [0.29, 0.717) is 5.92 Å². The number of hydrogen-bond acceptors (Lipinski definition) is 5. The lowest BCUT2D eigenvalue weighted by Gasteiger charge is -2.24. The molecule has 2 atom stereocenters. The molecule has 28 heavy (non-hydrogen) atoms. The molecule has 5 rings (SSSR count). The van der Waals surface area contributed by atoms with Crippen molar-refractivity contribution < 1.29 is 4.79 Å². The van der Waals surface area contributed by atoms with E-state index < -0.39 is 0 Å². The first kappa shape index (κ1) is 18.1. The molecule has 1 fully saturated rings. The summed E-state index contributed by atoms with van der Waals surface area (Å²) in [6.45, 7) is 3.10. The Kier molecular flexibility index (Phi) is 4.59. The molecule has 2 aliphatic rings.